The van der Waals surface area contributed by atoms with Crippen LogP contribution in [-0.4, -0.2) is 39.6 Å². The third kappa shape index (κ3) is 5.50. The highest BCUT2D eigenvalue weighted by Crippen LogP contribution is 2.26. The molecule has 0 aliphatic carbocycles. The molecule has 2 amide bonds. The minimum atomic E-state index is -0.102. The van der Waals surface area contributed by atoms with Crippen molar-refractivity contribution in [3.8, 4) is 16.9 Å². The zero-order chi connectivity index (χ0) is 24.9. The molecule has 0 spiro atoms. The molecule has 1 aliphatic heterocycles. The molecule has 0 bridgehead atoms. The highest BCUT2D eigenvalue weighted by atomic mass is 35.5. The van der Waals surface area contributed by atoms with Gasteiger partial charge in [-0.15, -0.1) is 0 Å². The van der Waals surface area contributed by atoms with Gasteiger partial charge in [0.15, 0.2) is 0 Å². The van der Waals surface area contributed by atoms with Crippen LogP contribution in [0.4, 0.5) is 0 Å². The van der Waals surface area contributed by atoms with Gasteiger partial charge in [-0.05, 0) is 54.8 Å². The van der Waals surface area contributed by atoms with E-state index in [0.29, 0.717) is 17.1 Å². The number of likely N-dealkylation sites (tertiary alicyclic amines) is 1. The lowest BCUT2D eigenvalue weighted by Crippen LogP contribution is -2.27. The third-order valence-corrected chi connectivity index (χ3v) is 6.62. The lowest BCUT2D eigenvalue weighted by atomic mass is 10.1. The summed E-state index contributed by atoms with van der Waals surface area (Å²) in [5.41, 5.74) is 5.02. The summed E-state index contributed by atoms with van der Waals surface area (Å²) in [5.74, 6) is -0.0247. The molecule has 1 saturated heterocycles. The summed E-state index contributed by atoms with van der Waals surface area (Å²) in [6.45, 7) is 2.05. The number of hydrogen-bond acceptors (Lipinski definition) is 3. The van der Waals surface area contributed by atoms with Gasteiger partial charge in [0, 0.05) is 47.5 Å². The lowest BCUT2D eigenvalue weighted by molar-refractivity contribution is -0.120. The van der Waals surface area contributed by atoms with Crippen molar-refractivity contribution in [1.82, 2.24) is 20.0 Å². The van der Waals surface area contributed by atoms with Crippen molar-refractivity contribution in [1.29, 1.82) is 0 Å². The van der Waals surface area contributed by atoms with Gasteiger partial charge in [0.1, 0.15) is 0 Å². The number of benzene rings is 3. The van der Waals surface area contributed by atoms with Crippen LogP contribution in [0.2, 0.25) is 5.02 Å². The van der Waals surface area contributed by atoms with Crippen molar-refractivity contribution >= 4 is 23.4 Å². The first-order chi connectivity index (χ1) is 17.6. The fourth-order valence-electron chi connectivity index (χ4n) is 4.41. The normalized spacial score (nSPS) is 13.1. The molecule has 0 unspecified atom stereocenters. The highest BCUT2D eigenvalue weighted by molar-refractivity contribution is 6.30. The minimum Gasteiger partial charge on any atom is -0.352 e. The number of nitrogens with one attached hydrogen (secondary N) is 1. The number of carbonyl (C=O) groups excluding carboxylic acids is 2. The molecule has 4 aromatic rings. The first-order valence-electron chi connectivity index (χ1n) is 12.1. The van der Waals surface area contributed by atoms with Gasteiger partial charge in [0.25, 0.3) is 5.91 Å². The predicted octanol–water partition coefficient (Wildman–Crippen LogP) is 5.29. The van der Waals surface area contributed by atoms with Gasteiger partial charge in [-0.2, -0.15) is 5.10 Å². The van der Waals surface area contributed by atoms with E-state index in [-0.39, 0.29) is 18.2 Å². The molecule has 6 nitrogen and oxygen atoms in total. The van der Waals surface area contributed by atoms with Crippen molar-refractivity contribution in [3.63, 3.8) is 0 Å². The molecule has 1 N–H and O–H groups in total. The Kier molecular flexibility index (Phi) is 7.14. The van der Waals surface area contributed by atoms with E-state index < -0.39 is 0 Å². The number of amides is 2. The van der Waals surface area contributed by atoms with Crippen molar-refractivity contribution in [2.45, 2.75) is 25.8 Å². The molecular formula is C29H27ClN4O2. The molecule has 3 aromatic carbocycles. The monoisotopic (exact) mass is 498 g/mol. The number of nitrogens with zero attached hydrogens (tertiary/aromatic N) is 3. The van der Waals surface area contributed by atoms with Crippen molar-refractivity contribution in [2.75, 3.05) is 13.1 Å². The van der Waals surface area contributed by atoms with Gasteiger partial charge in [-0.25, -0.2) is 4.68 Å². The molecule has 1 aromatic heterocycles. The first kappa shape index (κ1) is 23.8. The smallest absolute Gasteiger partial charge is 0.253 e. The maximum Gasteiger partial charge on any atom is 0.253 e. The molecule has 0 saturated carbocycles. The van der Waals surface area contributed by atoms with Crippen LogP contribution in [0, 0.1) is 0 Å². The van der Waals surface area contributed by atoms with Crippen LogP contribution in [0.1, 0.15) is 34.3 Å². The Morgan fingerprint density at radius 1 is 0.889 bits per heavy atom. The number of rotatable bonds is 7. The number of hydrogen-bond donors (Lipinski definition) is 1. The second-order valence-corrected chi connectivity index (χ2v) is 9.38. The maximum atomic E-state index is 12.9. The van der Waals surface area contributed by atoms with Crippen LogP contribution >= 0.6 is 11.6 Å². The second kappa shape index (κ2) is 10.8. The Labute approximate surface area is 215 Å². The van der Waals surface area contributed by atoms with Gasteiger partial charge < -0.3 is 10.2 Å². The van der Waals surface area contributed by atoms with Crippen LogP contribution < -0.4 is 5.32 Å². The summed E-state index contributed by atoms with van der Waals surface area (Å²) in [6.07, 6.45) is 4.23. The summed E-state index contributed by atoms with van der Waals surface area (Å²) < 4.78 is 1.79. The fraction of sp³-hybridized carbons (Fsp3) is 0.207. The highest BCUT2D eigenvalue weighted by Gasteiger charge is 2.19. The van der Waals surface area contributed by atoms with Gasteiger partial charge in [0.2, 0.25) is 5.91 Å². The molecule has 7 heteroatoms. The predicted molar refractivity (Wildman–Crippen MR) is 141 cm³/mol. The van der Waals surface area contributed by atoms with Crippen LogP contribution in [0.25, 0.3) is 16.9 Å². The second-order valence-electron chi connectivity index (χ2n) is 8.94. The maximum absolute atomic E-state index is 12.9. The van der Waals surface area contributed by atoms with E-state index in [1.807, 2.05) is 90.0 Å². The van der Waals surface area contributed by atoms with Crippen molar-refractivity contribution in [3.05, 3.63) is 107 Å². The Morgan fingerprint density at radius 2 is 1.58 bits per heavy atom. The molecule has 0 radical (unpaired) electrons. The number of carbonyl (C=O) groups is 2. The van der Waals surface area contributed by atoms with E-state index in [9.17, 15) is 9.59 Å². The van der Waals surface area contributed by atoms with E-state index in [0.717, 1.165) is 54.0 Å². The number of halogens is 1. The largest absolute Gasteiger partial charge is 0.352 e. The third-order valence-electron chi connectivity index (χ3n) is 6.36. The topological polar surface area (TPSA) is 67.2 Å². The van der Waals surface area contributed by atoms with E-state index >= 15 is 0 Å². The first-order valence-corrected chi connectivity index (χ1v) is 12.5. The zero-order valence-corrected chi connectivity index (χ0v) is 20.6. The molecule has 36 heavy (non-hydrogen) atoms. The SMILES string of the molecule is O=C(Cc1cn(-c2ccccc2)nc1-c1ccc(Cl)cc1)NCc1ccc(C(=O)N2CCCC2)cc1. The van der Waals surface area contributed by atoms with Crippen LogP contribution in [-0.2, 0) is 17.8 Å². The summed E-state index contributed by atoms with van der Waals surface area (Å²) in [7, 11) is 0. The zero-order valence-electron chi connectivity index (χ0n) is 19.9. The number of aromatic nitrogens is 2. The average Bonchev–Trinajstić information content (AvgIpc) is 3.59. The Hall–Kier alpha value is -3.90. The fourth-order valence-corrected chi connectivity index (χ4v) is 4.53. The van der Waals surface area contributed by atoms with Crippen molar-refractivity contribution in [2.24, 2.45) is 0 Å². The van der Waals surface area contributed by atoms with Crippen LogP contribution in [0.15, 0.2) is 85.1 Å². The van der Waals surface area contributed by atoms with Crippen LogP contribution in [0.5, 0.6) is 0 Å². The Balaban J connectivity index is 1.27. The van der Waals surface area contributed by atoms with Crippen LogP contribution in [0.3, 0.4) is 0 Å². The molecule has 5 rings (SSSR count). The minimum absolute atomic E-state index is 0.0771. The van der Waals surface area contributed by atoms with Crippen molar-refractivity contribution < 1.29 is 9.59 Å². The summed E-state index contributed by atoms with van der Waals surface area (Å²) in [5, 5.41) is 8.41. The molecule has 1 aliphatic rings. The summed E-state index contributed by atoms with van der Waals surface area (Å²) in [4.78, 5) is 27.3. The standard InChI is InChI=1S/C29H27ClN4O2/c30-25-14-12-22(13-15-25)28-24(20-34(32-28)26-6-2-1-3-7-26)18-27(35)31-19-21-8-10-23(11-9-21)29(36)33-16-4-5-17-33/h1-3,6-15,20H,4-5,16-19H2,(H,31,35). The summed E-state index contributed by atoms with van der Waals surface area (Å²) >= 11 is 6.07. The molecule has 182 valence electrons. The van der Waals surface area contributed by atoms with Gasteiger partial charge in [-0.1, -0.05) is 54.1 Å². The molecule has 1 fully saturated rings. The average molecular weight is 499 g/mol. The number of para-hydroxylation sites is 1. The lowest BCUT2D eigenvalue weighted by Gasteiger charge is -2.15. The van der Waals surface area contributed by atoms with E-state index in [1.165, 1.54) is 0 Å². The van der Waals surface area contributed by atoms with Gasteiger partial charge in [0.05, 0.1) is 17.8 Å². The van der Waals surface area contributed by atoms with Gasteiger partial charge in [-0.3, -0.25) is 9.59 Å². The Bertz CT molecular complexity index is 1340. The van der Waals surface area contributed by atoms with E-state index in [1.54, 1.807) is 4.68 Å². The van der Waals surface area contributed by atoms with E-state index in [2.05, 4.69) is 5.32 Å². The summed E-state index contributed by atoms with van der Waals surface area (Å²) in [6, 6.07) is 24.7. The Morgan fingerprint density at radius 3 is 2.28 bits per heavy atom. The van der Waals surface area contributed by atoms with E-state index in [4.69, 9.17) is 16.7 Å². The molecule has 2 heterocycles. The van der Waals surface area contributed by atoms with Gasteiger partial charge >= 0.3 is 0 Å². The quantitative estimate of drug-likeness (QED) is 0.376. The molecule has 0 atom stereocenters. The molecular weight excluding hydrogens is 472 g/mol.